The highest BCUT2D eigenvalue weighted by Gasteiger charge is 2.17. The lowest BCUT2D eigenvalue weighted by Crippen LogP contribution is -2.23. The van der Waals surface area contributed by atoms with Crippen LogP contribution in [0.1, 0.15) is 76.8 Å². The molecule has 3 nitrogen and oxygen atoms in total. The van der Waals surface area contributed by atoms with E-state index in [9.17, 15) is 0 Å². The van der Waals surface area contributed by atoms with Crippen LogP contribution in [0, 0.1) is 19.3 Å². The Kier molecular flexibility index (Phi) is 10.8. The normalized spacial score (nSPS) is 11.4. The third kappa shape index (κ3) is 10.1. The number of hydrogen-bond donors (Lipinski definition) is 1. The Morgan fingerprint density at radius 3 is 2.26 bits per heavy atom. The number of benzene rings is 2. The predicted molar refractivity (Wildman–Crippen MR) is 134 cm³/mol. The predicted octanol–water partition coefficient (Wildman–Crippen LogP) is 7.95. The van der Waals surface area contributed by atoms with Crippen LogP contribution in [-0.2, 0) is 0 Å². The van der Waals surface area contributed by atoms with Gasteiger partial charge in [-0.3, -0.25) is 0 Å². The Morgan fingerprint density at radius 2 is 1.52 bits per heavy atom. The van der Waals surface area contributed by atoms with Crippen molar-refractivity contribution in [2.45, 2.75) is 79.6 Å². The molecule has 0 atom stereocenters. The first kappa shape index (κ1) is 25.1. The van der Waals surface area contributed by atoms with Crippen molar-refractivity contribution in [1.82, 2.24) is 0 Å². The average Bonchev–Trinajstić information content (AvgIpc) is 2.75. The SMILES string of the molecule is CCCCCCCOc1ccc(NCC(C)(C)CCCOc2cc(C)ccc2C)cc1. The molecule has 0 radical (unpaired) electrons. The zero-order valence-electron chi connectivity index (χ0n) is 20.4. The number of rotatable bonds is 15. The van der Waals surface area contributed by atoms with E-state index < -0.39 is 0 Å². The van der Waals surface area contributed by atoms with Gasteiger partial charge in [-0.25, -0.2) is 0 Å². The quantitative estimate of drug-likeness (QED) is 0.294. The second-order valence-electron chi connectivity index (χ2n) is 9.53. The molecule has 0 saturated carbocycles. The molecular weight excluding hydrogens is 382 g/mol. The molecule has 31 heavy (non-hydrogen) atoms. The van der Waals surface area contributed by atoms with Gasteiger partial charge >= 0.3 is 0 Å². The van der Waals surface area contributed by atoms with Gasteiger partial charge in [-0.1, -0.05) is 58.6 Å². The monoisotopic (exact) mass is 425 g/mol. The summed E-state index contributed by atoms with van der Waals surface area (Å²) in [7, 11) is 0. The van der Waals surface area contributed by atoms with Gasteiger partial charge in [0, 0.05) is 12.2 Å². The van der Waals surface area contributed by atoms with Gasteiger partial charge in [0.05, 0.1) is 13.2 Å². The van der Waals surface area contributed by atoms with E-state index in [1.807, 2.05) is 0 Å². The van der Waals surface area contributed by atoms with E-state index in [2.05, 4.69) is 82.4 Å². The Morgan fingerprint density at radius 1 is 0.806 bits per heavy atom. The number of anilines is 1. The molecule has 3 heteroatoms. The summed E-state index contributed by atoms with van der Waals surface area (Å²) in [6, 6.07) is 14.8. The molecule has 0 unspecified atom stereocenters. The summed E-state index contributed by atoms with van der Waals surface area (Å²) in [5.41, 5.74) is 3.80. The maximum Gasteiger partial charge on any atom is 0.122 e. The third-order valence-corrected chi connectivity index (χ3v) is 5.74. The minimum Gasteiger partial charge on any atom is -0.494 e. The fourth-order valence-electron chi connectivity index (χ4n) is 3.59. The summed E-state index contributed by atoms with van der Waals surface area (Å²) in [6.45, 7) is 13.6. The van der Waals surface area contributed by atoms with E-state index in [0.717, 1.165) is 56.2 Å². The van der Waals surface area contributed by atoms with Gasteiger partial charge in [0.15, 0.2) is 0 Å². The lowest BCUT2D eigenvalue weighted by molar-refractivity contribution is 0.263. The van der Waals surface area contributed by atoms with Crippen LogP contribution < -0.4 is 14.8 Å². The van der Waals surface area contributed by atoms with Crippen LogP contribution in [0.4, 0.5) is 5.69 Å². The van der Waals surface area contributed by atoms with Crippen molar-refractivity contribution < 1.29 is 9.47 Å². The molecule has 2 aromatic rings. The van der Waals surface area contributed by atoms with E-state index in [0.29, 0.717) is 0 Å². The topological polar surface area (TPSA) is 30.5 Å². The van der Waals surface area contributed by atoms with Crippen molar-refractivity contribution >= 4 is 5.69 Å². The fraction of sp³-hybridized carbons (Fsp3) is 0.571. The smallest absolute Gasteiger partial charge is 0.122 e. The largest absolute Gasteiger partial charge is 0.494 e. The minimum absolute atomic E-state index is 0.207. The highest BCUT2D eigenvalue weighted by atomic mass is 16.5. The van der Waals surface area contributed by atoms with Crippen LogP contribution in [0.2, 0.25) is 0 Å². The average molecular weight is 426 g/mol. The molecule has 172 valence electrons. The highest BCUT2D eigenvalue weighted by Crippen LogP contribution is 2.25. The Labute approximate surface area is 190 Å². The van der Waals surface area contributed by atoms with E-state index >= 15 is 0 Å². The van der Waals surface area contributed by atoms with Gasteiger partial charge < -0.3 is 14.8 Å². The minimum atomic E-state index is 0.207. The number of nitrogens with one attached hydrogen (secondary N) is 1. The van der Waals surface area contributed by atoms with Gasteiger partial charge in [-0.05, 0) is 80.0 Å². The van der Waals surface area contributed by atoms with E-state index in [1.165, 1.54) is 36.8 Å². The summed E-state index contributed by atoms with van der Waals surface area (Å²) in [5, 5.41) is 3.58. The van der Waals surface area contributed by atoms with E-state index in [1.54, 1.807) is 0 Å². The van der Waals surface area contributed by atoms with Crippen molar-refractivity contribution in [3.8, 4) is 11.5 Å². The van der Waals surface area contributed by atoms with Crippen molar-refractivity contribution in [2.75, 3.05) is 25.1 Å². The zero-order valence-corrected chi connectivity index (χ0v) is 20.4. The lowest BCUT2D eigenvalue weighted by Gasteiger charge is -2.25. The number of hydrogen-bond acceptors (Lipinski definition) is 3. The number of unbranched alkanes of at least 4 members (excludes halogenated alkanes) is 4. The highest BCUT2D eigenvalue weighted by molar-refractivity contribution is 5.46. The molecule has 0 fully saturated rings. The Balaban J connectivity index is 1.64. The second-order valence-corrected chi connectivity index (χ2v) is 9.53. The zero-order chi connectivity index (χ0) is 22.5. The van der Waals surface area contributed by atoms with Crippen molar-refractivity contribution in [2.24, 2.45) is 5.41 Å². The van der Waals surface area contributed by atoms with Gasteiger partial charge in [-0.15, -0.1) is 0 Å². The van der Waals surface area contributed by atoms with Gasteiger partial charge in [0.25, 0.3) is 0 Å². The van der Waals surface area contributed by atoms with Crippen molar-refractivity contribution in [3.05, 3.63) is 53.6 Å². The second kappa shape index (κ2) is 13.3. The number of ether oxygens (including phenoxy) is 2. The van der Waals surface area contributed by atoms with Crippen LogP contribution in [-0.4, -0.2) is 19.8 Å². The molecule has 1 N–H and O–H groups in total. The summed E-state index contributed by atoms with van der Waals surface area (Å²) in [5.74, 6) is 1.98. The molecule has 0 aliphatic rings. The first-order valence-electron chi connectivity index (χ1n) is 12.1. The van der Waals surface area contributed by atoms with Gasteiger partial charge in [-0.2, -0.15) is 0 Å². The molecule has 0 amide bonds. The maximum atomic E-state index is 6.01. The first-order chi connectivity index (χ1) is 14.9. The summed E-state index contributed by atoms with van der Waals surface area (Å²) < 4.78 is 11.9. The van der Waals surface area contributed by atoms with Crippen LogP contribution in [0.5, 0.6) is 11.5 Å². The molecule has 0 aliphatic heterocycles. The first-order valence-corrected chi connectivity index (χ1v) is 12.1. The molecule has 0 aliphatic carbocycles. The van der Waals surface area contributed by atoms with Gasteiger partial charge in [0.1, 0.15) is 11.5 Å². The summed E-state index contributed by atoms with van der Waals surface area (Å²) in [6.07, 6.45) is 8.50. The molecule has 2 rings (SSSR count). The van der Waals surface area contributed by atoms with Crippen LogP contribution in [0.15, 0.2) is 42.5 Å². The molecular formula is C28H43NO2. The molecule has 0 saturated heterocycles. The van der Waals surface area contributed by atoms with Gasteiger partial charge in [0.2, 0.25) is 0 Å². The van der Waals surface area contributed by atoms with E-state index in [4.69, 9.17) is 9.47 Å². The van der Waals surface area contributed by atoms with Crippen LogP contribution in [0.3, 0.4) is 0 Å². The van der Waals surface area contributed by atoms with Crippen LogP contribution >= 0.6 is 0 Å². The van der Waals surface area contributed by atoms with Crippen molar-refractivity contribution in [1.29, 1.82) is 0 Å². The van der Waals surface area contributed by atoms with E-state index in [-0.39, 0.29) is 5.41 Å². The Bertz CT molecular complexity index is 752. The molecule has 0 spiro atoms. The molecule has 0 bridgehead atoms. The summed E-state index contributed by atoms with van der Waals surface area (Å²) in [4.78, 5) is 0. The Hall–Kier alpha value is -2.16. The van der Waals surface area contributed by atoms with Crippen LogP contribution in [0.25, 0.3) is 0 Å². The molecule has 0 aromatic heterocycles. The molecule has 0 heterocycles. The standard InChI is InChI=1S/C28H43NO2/c1-6-7-8-9-10-19-30-26-16-14-25(15-17-26)29-22-28(4,5)18-11-20-31-27-21-23(2)12-13-24(27)3/h12-17,21,29H,6-11,18-20,22H2,1-5H3. The lowest BCUT2D eigenvalue weighted by atomic mass is 9.88. The number of aryl methyl sites for hydroxylation is 2. The van der Waals surface area contributed by atoms with Crippen molar-refractivity contribution in [3.63, 3.8) is 0 Å². The summed E-state index contributed by atoms with van der Waals surface area (Å²) >= 11 is 0. The third-order valence-electron chi connectivity index (χ3n) is 5.74. The fourth-order valence-corrected chi connectivity index (χ4v) is 3.59. The molecule has 2 aromatic carbocycles. The maximum absolute atomic E-state index is 6.01.